The Labute approximate surface area is 269 Å². The first kappa shape index (κ1) is 33.0. The Hall–Kier alpha value is -3.95. The molecular weight excluding hydrogens is 638 g/mol. The normalized spacial score (nSPS) is 12.3. The third-order valence-electron chi connectivity index (χ3n) is 6.94. The van der Waals surface area contributed by atoms with Crippen LogP contribution in [0.15, 0.2) is 119 Å². The Kier molecular flexibility index (Phi) is 10.7. The van der Waals surface area contributed by atoms with Crippen molar-refractivity contribution in [2.24, 2.45) is 0 Å². The first-order valence-electron chi connectivity index (χ1n) is 14.4. The van der Waals surface area contributed by atoms with E-state index in [9.17, 15) is 18.0 Å². The molecule has 4 aromatic carbocycles. The molecule has 0 fully saturated rings. The number of rotatable bonds is 11. The summed E-state index contributed by atoms with van der Waals surface area (Å²) < 4.78 is 30.0. The number of nitrogens with zero attached hydrogens (tertiary/aromatic N) is 2. The topological polar surface area (TPSA) is 86.8 Å². The zero-order valence-electron chi connectivity index (χ0n) is 25.4. The predicted octanol–water partition coefficient (Wildman–Crippen LogP) is 6.51. The highest BCUT2D eigenvalue weighted by atomic mass is 79.9. The Morgan fingerprint density at radius 2 is 1.41 bits per heavy atom. The van der Waals surface area contributed by atoms with E-state index in [-0.39, 0.29) is 23.8 Å². The molecule has 4 rings (SSSR count). The lowest BCUT2D eigenvalue weighted by Gasteiger charge is -2.35. The largest absolute Gasteiger partial charge is 0.350 e. The summed E-state index contributed by atoms with van der Waals surface area (Å²) in [6.07, 6.45) is 0.248. The van der Waals surface area contributed by atoms with Crippen LogP contribution < -0.4 is 9.62 Å². The van der Waals surface area contributed by atoms with Gasteiger partial charge in [0.15, 0.2) is 0 Å². The van der Waals surface area contributed by atoms with E-state index in [1.807, 2.05) is 94.4 Å². The van der Waals surface area contributed by atoms with Gasteiger partial charge in [0.25, 0.3) is 10.0 Å². The Bertz CT molecular complexity index is 1670. The molecule has 0 unspecified atom stereocenters. The minimum atomic E-state index is -4.13. The number of carbonyl (C=O) groups excluding carboxylic acids is 2. The van der Waals surface area contributed by atoms with Gasteiger partial charge in [-0.25, -0.2) is 8.42 Å². The summed E-state index contributed by atoms with van der Waals surface area (Å²) in [6.45, 7) is 7.17. The van der Waals surface area contributed by atoms with Crippen LogP contribution in [0.3, 0.4) is 0 Å². The van der Waals surface area contributed by atoms with E-state index in [0.29, 0.717) is 5.69 Å². The summed E-state index contributed by atoms with van der Waals surface area (Å²) in [4.78, 5) is 30.0. The van der Waals surface area contributed by atoms with Gasteiger partial charge in [-0.1, -0.05) is 94.3 Å². The molecule has 0 aliphatic heterocycles. The van der Waals surface area contributed by atoms with Gasteiger partial charge >= 0.3 is 0 Å². The maximum absolute atomic E-state index is 14.5. The highest BCUT2D eigenvalue weighted by Gasteiger charge is 2.35. The van der Waals surface area contributed by atoms with Gasteiger partial charge in [0.1, 0.15) is 12.6 Å². The standard InChI is InChI=1S/C35H38BrN3O4S/c1-26-18-20-30(21-19-26)39(44(42,43)31-16-9-6-10-17-31)25-33(40)38(24-28-14-11-15-29(36)22-28)32(34(41)37-35(2,3)4)23-27-12-7-5-8-13-27/h5-22,32H,23-25H2,1-4H3,(H,37,41)/t32-/m0/s1. The molecule has 0 heterocycles. The van der Waals surface area contributed by atoms with E-state index in [1.54, 1.807) is 30.3 Å². The monoisotopic (exact) mass is 675 g/mol. The SMILES string of the molecule is Cc1ccc(N(CC(=O)N(Cc2cccc(Br)c2)[C@@H](Cc2ccccc2)C(=O)NC(C)(C)C)S(=O)(=O)c2ccccc2)cc1. The Morgan fingerprint density at radius 1 is 0.818 bits per heavy atom. The third-order valence-corrected chi connectivity index (χ3v) is 9.22. The summed E-state index contributed by atoms with van der Waals surface area (Å²) in [5.41, 5.74) is 2.42. The molecule has 0 saturated heterocycles. The lowest BCUT2D eigenvalue weighted by Crippen LogP contribution is -2.56. The van der Waals surface area contributed by atoms with Gasteiger partial charge in [-0.3, -0.25) is 13.9 Å². The molecule has 0 aliphatic carbocycles. The third kappa shape index (κ3) is 8.80. The predicted molar refractivity (Wildman–Crippen MR) is 179 cm³/mol. The maximum Gasteiger partial charge on any atom is 0.264 e. The van der Waals surface area contributed by atoms with Crippen LogP contribution in [-0.4, -0.2) is 43.3 Å². The molecule has 0 spiro atoms. The van der Waals surface area contributed by atoms with Crippen LogP contribution in [0.1, 0.15) is 37.5 Å². The minimum Gasteiger partial charge on any atom is -0.350 e. The lowest BCUT2D eigenvalue weighted by molar-refractivity contribution is -0.140. The molecule has 1 atom stereocenters. The molecule has 4 aromatic rings. The van der Waals surface area contributed by atoms with Crippen LogP contribution in [-0.2, 0) is 32.6 Å². The number of nitrogens with one attached hydrogen (secondary N) is 1. The number of anilines is 1. The van der Waals surface area contributed by atoms with Crippen molar-refractivity contribution in [2.75, 3.05) is 10.8 Å². The van der Waals surface area contributed by atoms with Gasteiger partial charge < -0.3 is 10.2 Å². The molecule has 0 bridgehead atoms. The highest BCUT2D eigenvalue weighted by Crippen LogP contribution is 2.26. The molecule has 1 N–H and O–H groups in total. The van der Waals surface area contributed by atoms with E-state index in [2.05, 4.69) is 21.2 Å². The van der Waals surface area contributed by atoms with Crippen molar-refractivity contribution in [2.45, 2.75) is 57.1 Å². The molecular formula is C35H38BrN3O4S. The average molecular weight is 677 g/mol. The van der Waals surface area contributed by atoms with Crippen LogP contribution >= 0.6 is 15.9 Å². The summed E-state index contributed by atoms with van der Waals surface area (Å²) >= 11 is 3.51. The van der Waals surface area contributed by atoms with Crippen LogP contribution in [0.4, 0.5) is 5.69 Å². The molecule has 0 saturated carbocycles. The number of aryl methyl sites for hydroxylation is 1. The van der Waals surface area contributed by atoms with Crippen molar-refractivity contribution in [3.8, 4) is 0 Å². The van der Waals surface area contributed by atoms with Gasteiger partial charge in [-0.2, -0.15) is 0 Å². The number of amides is 2. The van der Waals surface area contributed by atoms with Crippen LogP contribution in [0.5, 0.6) is 0 Å². The van der Waals surface area contributed by atoms with Gasteiger partial charge in [-0.15, -0.1) is 0 Å². The summed E-state index contributed by atoms with van der Waals surface area (Å²) in [5.74, 6) is -0.826. The average Bonchev–Trinajstić information content (AvgIpc) is 2.98. The zero-order chi connectivity index (χ0) is 31.9. The van der Waals surface area contributed by atoms with Crippen molar-refractivity contribution < 1.29 is 18.0 Å². The van der Waals surface area contributed by atoms with Crippen LogP contribution in [0.2, 0.25) is 0 Å². The zero-order valence-corrected chi connectivity index (χ0v) is 27.8. The second-order valence-corrected chi connectivity index (χ2v) is 14.5. The van der Waals surface area contributed by atoms with Crippen LogP contribution in [0, 0.1) is 6.92 Å². The molecule has 0 aromatic heterocycles. The van der Waals surface area contributed by atoms with Crippen LogP contribution in [0.25, 0.3) is 0 Å². The van der Waals surface area contributed by atoms with E-state index >= 15 is 0 Å². The van der Waals surface area contributed by atoms with Crippen molar-refractivity contribution in [3.05, 3.63) is 130 Å². The number of carbonyl (C=O) groups is 2. The smallest absolute Gasteiger partial charge is 0.264 e. The van der Waals surface area contributed by atoms with Crippen molar-refractivity contribution in [3.63, 3.8) is 0 Å². The van der Waals surface area contributed by atoms with Gasteiger partial charge in [0.05, 0.1) is 10.6 Å². The number of benzene rings is 4. The summed E-state index contributed by atoms with van der Waals surface area (Å²) in [7, 11) is -4.13. The fourth-order valence-electron chi connectivity index (χ4n) is 4.80. The molecule has 0 aliphatic rings. The second-order valence-electron chi connectivity index (χ2n) is 11.8. The molecule has 2 amide bonds. The Morgan fingerprint density at radius 3 is 2.00 bits per heavy atom. The maximum atomic E-state index is 14.5. The van der Waals surface area contributed by atoms with Crippen molar-refractivity contribution in [1.82, 2.24) is 10.2 Å². The Balaban J connectivity index is 1.81. The molecule has 230 valence electrons. The molecule has 9 heteroatoms. The van der Waals surface area contributed by atoms with E-state index in [0.717, 1.165) is 25.5 Å². The number of halogens is 1. The first-order valence-corrected chi connectivity index (χ1v) is 16.6. The van der Waals surface area contributed by atoms with E-state index < -0.39 is 34.1 Å². The summed E-state index contributed by atoms with van der Waals surface area (Å²) in [5, 5.41) is 3.05. The van der Waals surface area contributed by atoms with E-state index in [1.165, 1.54) is 17.0 Å². The molecule has 0 radical (unpaired) electrons. The number of hydrogen-bond acceptors (Lipinski definition) is 4. The van der Waals surface area contributed by atoms with Gasteiger partial charge in [-0.05, 0) is 75.2 Å². The van der Waals surface area contributed by atoms with Crippen molar-refractivity contribution in [1.29, 1.82) is 0 Å². The highest BCUT2D eigenvalue weighted by molar-refractivity contribution is 9.10. The first-order chi connectivity index (χ1) is 20.8. The molecule has 7 nitrogen and oxygen atoms in total. The fraction of sp³-hybridized carbons (Fsp3) is 0.257. The summed E-state index contributed by atoms with van der Waals surface area (Å²) in [6, 6.07) is 31.1. The minimum absolute atomic E-state index is 0.0678. The number of hydrogen-bond donors (Lipinski definition) is 1. The van der Waals surface area contributed by atoms with Gasteiger partial charge in [0.2, 0.25) is 11.8 Å². The second kappa shape index (κ2) is 14.2. The number of sulfonamides is 1. The lowest BCUT2D eigenvalue weighted by atomic mass is 10.0. The molecule has 44 heavy (non-hydrogen) atoms. The quantitative estimate of drug-likeness (QED) is 0.196. The van der Waals surface area contributed by atoms with Crippen molar-refractivity contribution >= 4 is 43.5 Å². The van der Waals surface area contributed by atoms with E-state index in [4.69, 9.17) is 0 Å². The van der Waals surface area contributed by atoms with Gasteiger partial charge in [0, 0.05) is 23.0 Å². The fourth-order valence-corrected chi connectivity index (χ4v) is 6.68.